The van der Waals surface area contributed by atoms with Crippen molar-refractivity contribution in [3.05, 3.63) is 29.3 Å². The van der Waals surface area contributed by atoms with Crippen LogP contribution in [0.15, 0.2) is 18.2 Å². The van der Waals surface area contributed by atoms with Crippen LogP contribution in [0.25, 0.3) is 0 Å². The molecule has 0 saturated carbocycles. The number of hydrogen-bond donors (Lipinski definition) is 2. The van der Waals surface area contributed by atoms with Gasteiger partial charge in [0.2, 0.25) is 11.8 Å². The predicted molar refractivity (Wildman–Crippen MR) is 93.1 cm³/mol. The van der Waals surface area contributed by atoms with Crippen molar-refractivity contribution in [3.8, 4) is 5.75 Å². The van der Waals surface area contributed by atoms with Gasteiger partial charge in [0.25, 0.3) is 11.8 Å². The zero-order chi connectivity index (χ0) is 20.6. The van der Waals surface area contributed by atoms with Gasteiger partial charge in [0, 0.05) is 6.42 Å². The molecule has 1 fully saturated rings. The van der Waals surface area contributed by atoms with Crippen molar-refractivity contribution in [1.29, 1.82) is 0 Å². The largest absolute Gasteiger partial charge is 0.442 e. The molecule has 1 atom stereocenters. The predicted octanol–water partition coefficient (Wildman–Crippen LogP) is 0.906. The van der Waals surface area contributed by atoms with Crippen LogP contribution in [-0.4, -0.2) is 46.3 Å². The Morgan fingerprint density at radius 2 is 1.89 bits per heavy atom. The number of imide groups is 2. The molecule has 0 radical (unpaired) electrons. The lowest BCUT2D eigenvalue weighted by atomic mass is 10.0. The molecule has 1 aromatic rings. The van der Waals surface area contributed by atoms with Gasteiger partial charge in [-0.3, -0.25) is 29.4 Å². The minimum atomic E-state index is -1.09. The Morgan fingerprint density at radius 3 is 2.54 bits per heavy atom. The Bertz CT molecular complexity index is 888. The van der Waals surface area contributed by atoms with Gasteiger partial charge in [-0.05, 0) is 39.3 Å². The van der Waals surface area contributed by atoms with E-state index >= 15 is 0 Å². The van der Waals surface area contributed by atoms with Crippen LogP contribution >= 0.6 is 0 Å². The number of benzene rings is 1. The molecule has 0 aliphatic carbocycles. The quantitative estimate of drug-likeness (QED) is 0.580. The number of fused-ring (bicyclic) bond motifs is 1. The number of ether oxygens (including phenoxy) is 1. The molecular weight excluding hydrogens is 370 g/mol. The summed E-state index contributed by atoms with van der Waals surface area (Å²) in [6, 6.07) is 3.21. The van der Waals surface area contributed by atoms with Gasteiger partial charge in [0.05, 0.1) is 11.1 Å². The fourth-order valence-electron chi connectivity index (χ4n) is 2.96. The Labute approximate surface area is 160 Å². The molecule has 1 unspecified atom stereocenters. The lowest BCUT2D eigenvalue weighted by Gasteiger charge is -2.27. The molecule has 5 amide bonds. The highest BCUT2D eigenvalue weighted by atomic mass is 16.7. The van der Waals surface area contributed by atoms with Crippen LogP contribution in [0.4, 0.5) is 4.79 Å². The Hall–Kier alpha value is -3.43. The molecule has 10 nitrogen and oxygen atoms in total. The summed E-state index contributed by atoms with van der Waals surface area (Å²) < 4.78 is 5.05. The molecule has 3 rings (SSSR count). The van der Waals surface area contributed by atoms with Gasteiger partial charge < -0.3 is 9.57 Å². The van der Waals surface area contributed by atoms with Crippen LogP contribution in [0.3, 0.4) is 0 Å². The maximum Gasteiger partial charge on any atom is 0.441 e. The summed E-state index contributed by atoms with van der Waals surface area (Å²) in [5.41, 5.74) is 1.28. The smallest absolute Gasteiger partial charge is 0.441 e. The number of hydrogen-bond acceptors (Lipinski definition) is 7. The fraction of sp³-hybridized carbons (Fsp3) is 0.389. The van der Waals surface area contributed by atoms with E-state index in [-0.39, 0.29) is 29.7 Å². The van der Waals surface area contributed by atoms with Crippen molar-refractivity contribution < 1.29 is 33.5 Å². The van der Waals surface area contributed by atoms with E-state index in [1.165, 1.54) is 18.2 Å². The van der Waals surface area contributed by atoms with Gasteiger partial charge in [0.1, 0.15) is 11.6 Å². The van der Waals surface area contributed by atoms with Gasteiger partial charge in [-0.15, -0.1) is 0 Å². The van der Waals surface area contributed by atoms with Crippen molar-refractivity contribution in [2.24, 2.45) is 0 Å². The lowest BCUT2D eigenvalue weighted by Crippen LogP contribution is -2.54. The number of hydroxylamine groups is 1. The second-order valence-corrected chi connectivity index (χ2v) is 7.33. The van der Waals surface area contributed by atoms with Crippen molar-refractivity contribution in [2.45, 2.75) is 45.3 Å². The molecule has 0 bridgehead atoms. The minimum Gasteiger partial charge on any atom is -0.442 e. The summed E-state index contributed by atoms with van der Waals surface area (Å²) in [5.74, 6) is -2.63. The SMILES string of the molecule is CC(C)(C)OC(=O)NOc1cccc2c1C(=O)N(C1CCC(=O)NC1=O)C2=O. The Kier molecular flexibility index (Phi) is 4.80. The van der Waals surface area contributed by atoms with E-state index < -0.39 is 41.4 Å². The first-order chi connectivity index (χ1) is 13.1. The van der Waals surface area contributed by atoms with E-state index in [2.05, 4.69) is 10.8 Å². The molecule has 28 heavy (non-hydrogen) atoms. The van der Waals surface area contributed by atoms with Crippen LogP contribution in [-0.2, 0) is 14.3 Å². The number of nitrogens with one attached hydrogen (secondary N) is 2. The highest BCUT2D eigenvalue weighted by Gasteiger charge is 2.46. The van der Waals surface area contributed by atoms with E-state index in [0.29, 0.717) is 0 Å². The zero-order valence-electron chi connectivity index (χ0n) is 15.5. The first kappa shape index (κ1) is 19.3. The molecule has 2 aliphatic rings. The molecule has 0 aromatic heterocycles. The molecule has 148 valence electrons. The van der Waals surface area contributed by atoms with Gasteiger partial charge in [-0.2, -0.15) is 5.48 Å². The lowest BCUT2D eigenvalue weighted by molar-refractivity contribution is -0.136. The van der Waals surface area contributed by atoms with E-state index in [0.717, 1.165) is 4.90 Å². The second-order valence-electron chi connectivity index (χ2n) is 7.33. The Morgan fingerprint density at radius 1 is 1.18 bits per heavy atom. The summed E-state index contributed by atoms with van der Waals surface area (Å²) in [6.45, 7) is 5.02. The molecule has 2 aliphatic heterocycles. The normalized spacial score (nSPS) is 19.2. The van der Waals surface area contributed by atoms with Gasteiger partial charge in [0.15, 0.2) is 5.75 Å². The summed E-state index contributed by atoms with van der Waals surface area (Å²) in [4.78, 5) is 66.7. The van der Waals surface area contributed by atoms with Crippen molar-refractivity contribution in [3.63, 3.8) is 0 Å². The monoisotopic (exact) mass is 389 g/mol. The van der Waals surface area contributed by atoms with E-state index in [4.69, 9.17) is 9.57 Å². The molecule has 1 saturated heterocycles. The number of carbonyl (C=O) groups excluding carboxylic acids is 5. The topological polar surface area (TPSA) is 131 Å². The molecule has 2 N–H and O–H groups in total. The van der Waals surface area contributed by atoms with Crippen LogP contribution in [0.1, 0.15) is 54.3 Å². The minimum absolute atomic E-state index is 0.0212. The number of piperidine rings is 1. The zero-order valence-corrected chi connectivity index (χ0v) is 15.5. The molecule has 10 heteroatoms. The van der Waals surface area contributed by atoms with E-state index in [1.807, 2.05) is 0 Å². The van der Waals surface area contributed by atoms with Gasteiger partial charge in [-0.25, -0.2) is 4.79 Å². The average Bonchev–Trinajstić information content (AvgIpc) is 2.84. The third-order valence-corrected chi connectivity index (χ3v) is 4.07. The van der Waals surface area contributed by atoms with Crippen LogP contribution in [0, 0.1) is 0 Å². The highest BCUT2D eigenvalue weighted by molar-refractivity contribution is 6.24. The number of nitrogens with zero attached hydrogens (tertiary/aromatic N) is 1. The summed E-state index contributed by atoms with van der Waals surface area (Å²) in [5, 5.41) is 2.12. The first-order valence-electron chi connectivity index (χ1n) is 8.59. The second kappa shape index (κ2) is 6.95. The van der Waals surface area contributed by atoms with Crippen molar-refractivity contribution >= 4 is 29.7 Å². The summed E-state index contributed by atoms with van der Waals surface area (Å²) >= 11 is 0. The first-order valence-corrected chi connectivity index (χ1v) is 8.59. The molecular formula is C18H19N3O7. The van der Waals surface area contributed by atoms with Crippen LogP contribution in [0.2, 0.25) is 0 Å². The molecule has 1 aromatic carbocycles. The third kappa shape index (κ3) is 3.66. The van der Waals surface area contributed by atoms with E-state index in [9.17, 15) is 24.0 Å². The Balaban J connectivity index is 1.81. The number of amides is 5. The van der Waals surface area contributed by atoms with Crippen LogP contribution < -0.4 is 15.6 Å². The van der Waals surface area contributed by atoms with E-state index in [1.54, 1.807) is 20.8 Å². The van der Waals surface area contributed by atoms with Crippen molar-refractivity contribution in [1.82, 2.24) is 15.7 Å². The van der Waals surface area contributed by atoms with Crippen LogP contribution in [0.5, 0.6) is 5.75 Å². The highest BCUT2D eigenvalue weighted by Crippen LogP contribution is 2.33. The maximum absolute atomic E-state index is 12.8. The molecule has 0 spiro atoms. The third-order valence-electron chi connectivity index (χ3n) is 4.07. The average molecular weight is 389 g/mol. The van der Waals surface area contributed by atoms with Gasteiger partial charge in [-0.1, -0.05) is 6.07 Å². The molecule has 2 heterocycles. The summed E-state index contributed by atoms with van der Waals surface area (Å²) in [7, 11) is 0. The van der Waals surface area contributed by atoms with Crippen molar-refractivity contribution in [2.75, 3.05) is 0 Å². The standard InChI is InChI=1S/C18H19N3O7/c1-18(2,3)27-17(26)20-28-11-6-4-5-9-13(11)16(25)21(15(9)24)10-7-8-12(22)19-14(10)23/h4-6,10H,7-8H2,1-3H3,(H,20,26)(H,19,22,23). The fourth-order valence-corrected chi connectivity index (χ4v) is 2.96. The summed E-state index contributed by atoms with van der Waals surface area (Å²) in [6.07, 6.45) is -0.806. The maximum atomic E-state index is 12.8. The number of carbonyl (C=O) groups is 5. The number of rotatable bonds is 3. The van der Waals surface area contributed by atoms with Gasteiger partial charge >= 0.3 is 6.09 Å².